The third kappa shape index (κ3) is 3.79. The molecule has 7 nitrogen and oxygen atoms in total. The summed E-state index contributed by atoms with van der Waals surface area (Å²) in [5.74, 6) is -0.943. The molecule has 9 heteroatoms. The van der Waals surface area contributed by atoms with E-state index in [1.54, 1.807) is 25.1 Å². The van der Waals surface area contributed by atoms with Crippen LogP contribution in [-0.2, 0) is 16.1 Å². The molecule has 2 heterocycles. The van der Waals surface area contributed by atoms with Gasteiger partial charge in [0.1, 0.15) is 11.5 Å². The molecule has 3 aromatic rings. The molecule has 0 spiro atoms. The summed E-state index contributed by atoms with van der Waals surface area (Å²) in [4.78, 5) is 42.2. The quantitative estimate of drug-likeness (QED) is 0.617. The lowest BCUT2D eigenvalue weighted by molar-refractivity contribution is -0.116. The highest BCUT2D eigenvalue weighted by Crippen LogP contribution is 2.32. The molecule has 2 aromatic heterocycles. The van der Waals surface area contributed by atoms with Crippen LogP contribution in [0.1, 0.15) is 20.8 Å². The van der Waals surface area contributed by atoms with Gasteiger partial charge in [-0.1, -0.05) is 15.9 Å². The Hall–Kier alpha value is -2.52. The summed E-state index contributed by atoms with van der Waals surface area (Å²) in [7, 11) is 1.29. The van der Waals surface area contributed by atoms with Crippen molar-refractivity contribution in [1.82, 2.24) is 9.55 Å². The lowest BCUT2D eigenvalue weighted by Crippen LogP contribution is -2.28. The van der Waals surface area contributed by atoms with Gasteiger partial charge in [0.25, 0.3) is 5.56 Å². The van der Waals surface area contributed by atoms with Crippen molar-refractivity contribution in [2.45, 2.75) is 20.4 Å². The van der Waals surface area contributed by atoms with Crippen molar-refractivity contribution in [3.63, 3.8) is 0 Å². The van der Waals surface area contributed by atoms with Gasteiger partial charge in [0.05, 0.1) is 29.9 Å². The van der Waals surface area contributed by atoms with Gasteiger partial charge in [-0.15, -0.1) is 11.3 Å². The average Bonchev–Trinajstić information content (AvgIpc) is 2.91. The van der Waals surface area contributed by atoms with Crippen molar-refractivity contribution < 1.29 is 14.3 Å². The smallest absolute Gasteiger partial charge is 0.341 e. The van der Waals surface area contributed by atoms with Crippen LogP contribution in [-0.4, -0.2) is 28.5 Å². The fourth-order valence-corrected chi connectivity index (χ4v) is 4.05. The second-order valence-electron chi connectivity index (χ2n) is 5.87. The first-order valence-corrected chi connectivity index (χ1v) is 9.55. The molecule has 0 saturated carbocycles. The minimum atomic E-state index is -0.512. The van der Waals surface area contributed by atoms with Gasteiger partial charge in [0.2, 0.25) is 5.91 Å². The van der Waals surface area contributed by atoms with E-state index in [4.69, 9.17) is 4.74 Å². The first kappa shape index (κ1) is 19.2. The van der Waals surface area contributed by atoms with E-state index in [0.717, 1.165) is 14.9 Å². The first-order valence-electron chi connectivity index (χ1n) is 7.94. The number of nitrogens with one attached hydrogen (secondary N) is 1. The molecule has 0 aliphatic rings. The Kier molecular flexibility index (Phi) is 5.43. The number of carbonyl (C=O) groups is 2. The predicted molar refractivity (Wildman–Crippen MR) is 107 cm³/mol. The lowest BCUT2D eigenvalue weighted by Gasteiger charge is -2.08. The number of thiophene rings is 1. The van der Waals surface area contributed by atoms with Gasteiger partial charge >= 0.3 is 5.97 Å². The number of esters is 1. The van der Waals surface area contributed by atoms with Crippen LogP contribution in [0.5, 0.6) is 0 Å². The number of ether oxygens (including phenoxy) is 1. The number of aryl methyl sites for hydroxylation is 1. The topological polar surface area (TPSA) is 90.3 Å². The number of anilines is 1. The van der Waals surface area contributed by atoms with Crippen LogP contribution in [0, 0.1) is 13.8 Å². The van der Waals surface area contributed by atoms with Crippen LogP contribution in [0.4, 0.5) is 5.00 Å². The van der Waals surface area contributed by atoms with Crippen molar-refractivity contribution in [3.8, 4) is 0 Å². The van der Waals surface area contributed by atoms with Crippen molar-refractivity contribution in [3.05, 3.63) is 55.4 Å². The summed E-state index contributed by atoms with van der Waals surface area (Å²) in [5.41, 5.74) is 1.33. The molecule has 0 fully saturated rings. The maximum Gasteiger partial charge on any atom is 0.341 e. The highest BCUT2D eigenvalue weighted by molar-refractivity contribution is 9.10. The van der Waals surface area contributed by atoms with Gasteiger partial charge in [-0.25, -0.2) is 9.78 Å². The Morgan fingerprint density at radius 2 is 2.07 bits per heavy atom. The van der Waals surface area contributed by atoms with E-state index >= 15 is 0 Å². The molecule has 140 valence electrons. The van der Waals surface area contributed by atoms with Crippen molar-refractivity contribution in [1.29, 1.82) is 0 Å². The number of halogens is 1. The number of fused-ring (bicyclic) bond motifs is 1. The summed E-state index contributed by atoms with van der Waals surface area (Å²) >= 11 is 4.62. The van der Waals surface area contributed by atoms with Crippen LogP contribution < -0.4 is 10.9 Å². The van der Waals surface area contributed by atoms with E-state index in [9.17, 15) is 14.4 Å². The number of benzene rings is 1. The SMILES string of the molecule is COC(=O)c1c(NC(=O)Cn2cnc3ccc(Br)cc3c2=O)sc(C)c1C. The van der Waals surface area contributed by atoms with Crippen LogP contribution >= 0.6 is 27.3 Å². The first-order chi connectivity index (χ1) is 12.8. The lowest BCUT2D eigenvalue weighted by atomic mass is 10.1. The summed E-state index contributed by atoms with van der Waals surface area (Å²) in [6, 6.07) is 5.19. The molecule has 0 saturated heterocycles. The van der Waals surface area contributed by atoms with Gasteiger partial charge in [-0.2, -0.15) is 0 Å². The number of methoxy groups -OCH3 is 1. The Labute approximate surface area is 167 Å². The highest BCUT2D eigenvalue weighted by atomic mass is 79.9. The summed E-state index contributed by atoms with van der Waals surface area (Å²) in [5, 5.41) is 3.53. The van der Waals surface area contributed by atoms with Gasteiger partial charge in [-0.3, -0.25) is 14.2 Å². The molecule has 1 aromatic carbocycles. The Bertz CT molecular complexity index is 1120. The molecule has 1 N–H and O–H groups in total. The summed E-state index contributed by atoms with van der Waals surface area (Å²) < 4.78 is 6.78. The summed E-state index contributed by atoms with van der Waals surface area (Å²) in [6.07, 6.45) is 1.34. The normalized spacial score (nSPS) is 10.8. The fourth-order valence-electron chi connectivity index (χ4n) is 2.63. The van der Waals surface area contributed by atoms with Crippen LogP contribution in [0.15, 0.2) is 33.8 Å². The minimum absolute atomic E-state index is 0.217. The number of hydrogen-bond acceptors (Lipinski definition) is 6. The van der Waals surface area contributed by atoms with Crippen LogP contribution in [0.2, 0.25) is 0 Å². The zero-order valence-electron chi connectivity index (χ0n) is 14.8. The second-order valence-corrected chi connectivity index (χ2v) is 8.01. The number of amides is 1. The third-order valence-corrected chi connectivity index (χ3v) is 5.74. The molecule has 0 unspecified atom stereocenters. The minimum Gasteiger partial charge on any atom is -0.465 e. The Balaban J connectivity index is 1.88. The maximum atomic E-state index is 12.6. The molecule has 3 rings (SSSR count). The second kappa shape index (κ2) is 7.61. The number of nitrogens with zero attached hydrogens (tertiary/aromatic N) is 2. The van der Waals surface area contributed by atoms with Gasteiger partial charge in [-0.05, 0) is 37.6 Å². The molecule has 27 heavy (non-hydrogen) atoms. The van der Waals surface area contributed by atoms with Crippen LogP contribution in [0.25, 0.3) is 10.9 Å². The monoisotopic (exact) mass is 449 g/mol. The van der Waals surface area contributed by atoms with E-state index < -0.39 is 11.9 Å². The zero-order valence-corrected chi connectivity index (χ0v) is 17.2. The fraction of sp³-hybridized carbons (Fsp3) is 0.222. The van der Waals surface area contributed by atoms with Crippen LogP contribution in [0.3, 0.4) is 0 Å². The molecule has 0 atom stereocenters. The molecule has 0 aliphatic carbocycles. The van der Waals surface area contributed by atoms with Gasteiger partial charge in [0, 0.05) is 9.35 Å². The number of aromatic nitrogens is 2. The number of rotatable bonds is 4. The molecule has 0 radical (unpaired) electrons. The molecule has 1 amide bonds. The zero-order chi connectivity index (χ0) is 19.7. The maximum absolute atomic E-state index is 12.6. The number of hydrogen-bond donors (Lipinski definition) is 1. The van der Waals surface area contributed by atoms with Gasteiger partial charge < -0.3 is 10.1 Å². The average molecular weight is 450 g/mol. The van der Waals surface area contributed by atoms with Crippen molar-refractivity contribution in [2.24, 2.45) is 0 Å². The predicted octanol–water partition coefficient (Wildman–Crippen LogP) is 3.26. The highest BCUT2D eigenvalue weighted by Gasteiger charge is 2.21. The molecular formula is C18H16BrN3O4S. The standard InChI is InChI=1S/C18H16BrN3O4S/c1-9-10(2)27-16(15(9)18(25)26-3)21-14(23)7-22-8-20-13-5-4-11(19)6-12(13)17(22)24/h4-6,8H,7H2,1-3H3,(H,21,23). The van der Waals surface area contributed by atoms with E-state index in [1.165, 1.54) is 29.3 Å². The van der Waals surface area contributed by atoms with Crippen molar-refractivity contribution in [2.75, 3.05) is 12.4 Å². The van der Waals surface area contributed by atoms with Gasteiger partial charge in [0.15, 0.2) is 0 Å². The summed E-state index contributed by atoms with van der Waals surface area (Å²) in [6.45, 7) is 3.44. The van der Waals surface area contributed by atoms with E-state index in [-0.39, 0.29) is 12.1 Å². The Morgan fingerprint density at radius 1 is 1.33 bits per heavy atom. The Morgan fingerprint density at radius 3 is 2.78 bits per heavy atom. The van der Waals surface area contributed by atoms with E-state index in [0.29, 0.717) is 21.5 Å². The van der Waals surface area contributed by atoms with E-state index in [2.05, 4.69) is 26.2 Å². The molecular weight excluding hydrogens is 434 g/mol. The molecule has 0 aliphatic heterocycles. The van der Waals surface area contributed by atoms with Crippen molar-refractivity contribution >= 4 is 55.0 Å². The van der Waals surface area contributed by atoms with E-state index in [1.807, 2.05) is 6.92 Å². The largest absolute Gasteiger partial charge is 0.465 e. The number of carbonyl (C=O) groups excluding carboxylic acids is 2. The third-order valence-electron chi connectivity index (χ3n) is 4.13. The molecule has 0 bridgehead atoms.